The highest BCUT2D eigenvalue weighted by atomic mass is 16.5. The second-order valence-corrected chi connectivity index (χ2v) is 9.07. The van der Waals surface area contributed by atoms with Crippen molar-refractivity contribution in [2.75, 3.05) is 13.2 Å². The number of allylic oxidation sites excluding steroid dienone is 1. The molecule has 0 saturated carbocycles. The van der Waals surface area contributed by atoms with Gasteiger partial charge < -0.3 is 15.4 Å². The van der Waals surface area contributed by atoms with Gasteiger partial charge in [-0.25, -0.2) is 4.79 Å². The Morgan fingerprint density at radius 2 is 1.46 bits per heavy atom. The molecule has 4 rings (SSSR count). The van der Waals surface area contributed by atoms with E-state index in [1.807, 2.05) is 60.7 Å². The Hall–Kier alpha value is -4.19. The Bertz CT molecular complexity index is 1210. The second-order valence-electron chi connectivity index (χ2n) is 9.07. The van der Waals surface area contributed by atoms with E-state index in [1.165, 1.54) is 0 Å². The molecule has 2 amide bonds. The highest BCUT2D eigenvalue weighted by Crippen LogP contribution is 2.44. The van der Waals surface area contributed by atoms with Crippen LogP contribution in [0.25, 0.3) is 11.1 Å². The Balaban J connectivity index is 1.38. The molecule has 0 aliphatic heterocycles. The molecule has 6 nitrogen and oxygen atoms in total. The lowest BCUT2D eigenvalue weighted by Crippen LogP contribution is -2.43. The topological polar surface area (TPSA) is 84.5 Å². The zero-order chi connectivity index (χ0) is 26.0. The minimum Gasteiger partial charge on any atom is -0.458 e. The minimum atomic E-state index is -1.01. The van der Waals surface area contributed by atoms with Gasteiger partial charge >= 0.3 is 11.9 Å². The van der Waals surface area contributed by atoms with Crippen LogP contribution in [0, 0.1) is 0 Å². The van der Waals surface area contributed by atoms with Crippen LogP contribution in [0.4, 0.5) is 0 Å². The Morgan fingerprint density at radius 1 is 0.838 bits per heavy atom. The fraction of sp³-hybridized carbons (Fsp3) is 0.258. The summed E-state index contributed by atoms with van der Waals surface area (Å²) in [6.07, 6.45) is 5.62. The number of benzene rings is 3. The van der Waals surface area contributed by atoms with Crippen LogP contribution >= 0.6 is 0 Å². The summed E-state index contributed by atoms with van der Waals surface area (Å²) in [5.41, 5.74) is 4.92. The number of hydrogen-bond acceptors (Lipinski definition) is 4. The lowest BCUT2D eigenvalue weighted by molar-refractivity contribution is -0.155. The number of ether oxygens (including phenoxy) is 1. The lowest BCUT2D eigenvalue weighted by atomic mass is 9.98. The van der Waals surface area contributed by atoms with Crippen molar-refractivity contribution >= 4 is 17.8 Å². The zero-order valence-electron chi connectivity index (χ0n) is 20.8. The van der Waals surface area contributed by atoms with Crippen LogP contribution in [0.1, 0.15) is 54.3 Å². The molecule has 0 radical (unpaired) electrons. The molecule has 6 heteroatoms. The van der Waals surface area contributed by atoms with Gasteiger partial charge in [0.15, 0.2) is 0 Å². The van der Waals surface area contributed by atoms with Crippen LogP contribution in [-0.2, 0) is 19.1 Å². The summed E-state index contributed by atoms with van der Waals surface area (Å²) in [6.45, 7) is 4.23. The molecule has 3 aromatic rings. The molecule has 190 valence electrons. The molecular formula is C31H32N2O4. The quantitative estimate of drug-likeness (QED) is 0.168. The maximum atomic E-state index is 12.9. The summed E-state index contributed by atoms with van der Waals surface area (Å²) in [7, 11) is 0. The molecule has 1 unspecified atom stereocenters. The zero-order valence-corrected chi connectivity index (χ0v) is 20.8. The van der Waals surface area contributed by atoms with E-state index in [0.717, 1.165) is 47.9 Å². The molecule has 3 aromatic carbocycles. The Labute approximate surface area is 217 Å². The molecule has 1 atom stereocenters. The molecule has 2 N–H and O–H groups in total. The third-order valence-corrected chi connectivity index (χ3v) is 6.58. The third-order valence-electron chi connectivity index (χ3n) is 6.58. The summed E-state index contributed by atoms with van der Waals surface area (Å²) in [6, 6.07) is 23.9. The molecule has 0 saturated heterocycles. The van der Waals surface area contributed by atoms with Gasteiger partial charge in [0.25, 0.3) is 0 Å². The van der Waals surface area contributed by atoms with Crippen LogP contribution in [0.5, 0.6) is 0 Å². The number of esters is 1. The maximum Gasteiger partial charge on any atom is 0.396 e. The average molecular weight is 497 g/mol. The fourth-order valence-electron chi connectivity index (χ4n) is 4.70. The smallest absolute Gasteiger partial charge is 0.396 e. The van der Waals surface area contributed by atoms with Crippen LogP contribution in [0.2, 0.25) is 0 Å². The highest BCUT2D eigenvalue weighted by molar-refractivity contribution is 6.33. The van der Waals surface area contributed by atoms with E-state index in [-0.39, 0.29) is 18.4 Å². The van der Waals surface area contributed by atoms with Crippen molar-refractivity contribution in [3.05, 3.63) is 108 Å². The van der Waals surface area contributed by atoms with Gasteiger partial charge in [-0.15, -0.1) is 6.58 Å². The van der Waals surface area contributed by atoms with Gasteiger partial charge in [0, 0.05) is 12.5 Å². The first kappa shape index (κ1) is 25.9. The molecule has 0 aromatic heterocycles. The van der Waals surface area contributed by atoms with Crippen LogP contribution in [0.15, 0.2) is 91.5 Å². The third kappa shape index (κ3) is 6.33. The first-order chi connectivity index (χ1) is 18.1. The summed E-state index contributed by atoms with van der Waals surface area (Å²) in [5, 5.41) is 5.44. The minimum absolute atomic E-state index is 0.0349. The second kappa shape index (κ2) is 12.7. The number of carbonyl (C=O) groups is 3. The van der Waals surface area contributed by atoms with Gasteiger partial charge in [0.1, 0.15) is 12.6 Å². The lowest BCUT2D eigenvalue weighted by Gasteiger charge is -2.19. The van der Waals surface area contributed by atoms with E-state index in [2.05, 4.69) is 17.2 Å². The van der Waals surface area contributed by atoms with Gasteiger partial charge in [0.2, 0.25) is 5.91 Å². The number of carbonyl (C=O) groups excluding carboxylic acids is 3. The first-order valence-electron chi connectivity index (χ1n) is 12.7. The molecular weight excluding hydrogens is 464 g/mol. The van der Waals surface area contributed by atoms with Crippen LogP contribution < -0.4 is 10.6 Å². The number of rotatable bonds is 11. The molecule has 1 aliphatic carbocycles. The van der Waals surface area contributed by atoms with Crippen molar-refractivity contribution in [1.29, 1.82) is 0 Å². The molecule has 1 aliphatic rings. The van der Waals surface area contributed by atoms with Crippen molar-refractivity contribution in [2.24, 2.45) is 0 Å². The monoisotopic (exact) mass is 496 g/mol. The van der Waals surface area contributed by atoms with E-state index in [0.29, 0.717) is 12.1 Å². The summed E-state index contributed by atoms with van der Waals surface area (Å²) < 4.78 is 5.46. The van der Waals surface area contributed by atoms with Crippen molar-refractivity contribution in [2.45, 2.75) is 37.6 Å². The van der Waals surface area contributed by atoms with Crippen LogP contribution in [0.3, 0.4) is 0 Å². The summed E-state index contributed by atoms with van der Waals surface area (Å²) in [4.78, 5) is 38.4. The predicted molar refractivity (Wildman–Crippen MR) is 144 cm³/mol. The average Bonchev–Trinajstić information content (AvgIpc) is 3.26. The normalized spacial score (nSPS) is 12.6. The molecule has 37 heavy (non-hydrogen) atoms. The molecule has 0 spiro atoms. The van der Waals surface area contributed by atoms with Crippen molar-refractivity contribution < 1.29 is 19.1 Å². The van der Waals surface area contributed by atoms with E-state index in [1.54, 1.807) is 24.3 Å². The highest BCUT2D eigenvalue weighted by Gasteiger charge is 2.31. The van der Waals surface area contributed by atoms with Crippen LogP contribution in [-0.4, -0.2) is 30.9 Å². The van der Waals surface area contributed by atoms with Gasteiger partial charge in [0.05, 0.1) is 0 Å². The number of hydrogen-bond donors (Lipinski definition) is 2. The van der Waals surface area contributed by atoms with Crippen molar-refractivity contribution in [3.63, 3.8) is 0 Å². The fourth-order valence-corrected chi connectivity index (χ4v) is 4.70. The van der Waals surface area contributed by atoms with Crippen molar-refractivity contribution in [3.8, 4) is 11.1 Å². The SMILES string of the molecule is C=CCCCCCNC(=O)C(NC(=O)C(=O)OCC1c2ccccc2-c2ccccc21)c1ccccc1. The predicted octanol–water partition coefficient (Wildman–Crippen LogP) is 5.06. The number of unbranched alkanes of at least 4 members (excludes halogenated alkanes) is 3. The van der Waals surface area contributed by atoms with E-state index >= 15 is 0 Å². The van der Waals surface area contributed by atoms with Gasteiger partial charge in [-0.3, -0.25) is 9.59 Å². The molecule has 0 bridgehead atoms. The van der Waals surface area contributed by atoms with Gasteiger partial charge in [-0.1, -0.05) is 91.4 Å². The summed E-state index contributed by atoms with van der Waals surface area (Å²) in [5.74, 6) is -2.48. The standard InChI is InChI=1S/C31H32N2O4/c1-2-3-4-5-13-20-32-29(34)28(22-14-7-6-8-15-22)33-30(35)31(36)37-21-27-25-18-11-9-16-23(25)24-17-10-12-19-26(24)27/h2,6-12,14-19,27-28H,1,3-5,13,20-21H2,(H,32,34)(H,33,35). The Kier molecular flexibility index (Phi) is 8.87. The Morgan fingerprint density at radius 3 is 2.11 bits per heavy atom. The van der Waals surface area contributed by atoms with E-state index in [9.17, 15) is 14.4 Å². The molecule has 0 fully saturated rings. The maximum absolute atomic E-state index is 12.9. The largest absolute Gasteiger partial charge is 0.458 e. The van der Waals surface area contributed by atoms with Gasteiger partial charge in [-0.05, 0) is 47.1 Å². The number of nitrogens with one attached hydrogen (secondary N) is 2. The molecule has 0 heterocycles. The number of amides is 2. The van der Waals surface area contributed by atoms with Crippen molar-refractivity contribution in [1.82, 2.24) is 10.6 Å². The van der Waals surface area contributed by atoms with E-state index < -0.39 is 17.9 Å². The summed E-state index contributed by atoms with van der Waals surface area (Å²) >= 11 is 0. The van der Waals surface area contributed by atoms with Gasteiger partial charge in [-0.2, -0.15) is 0 Å². The first-order valence-corrected chi connectivity index (χ1v) is 12.7. The number of fused-ring (bicyclic) bond motifs is 3. The van der Waals surface area contributed by atoms with E-state index in [4.69, 9.17) is 4.74 Å².